The predicted octanol–water partition coefficient (Wildman–Crippen LogP) is 11.6. The van der Waals surface area contributed by atoms with Gasteiger partial charge < -0.3 is 9.97 Å². The first-order valence-corrected chi connectivity index (χ1v) is 16.7. The van der Waals surface area contributed by atoms with Crippen molar-refractivity contribution < 1.29 is 34.1 Å². The van der Waals surface area contributed by atoms with Crippen molar-refractivity contribution in [2.45, 2.75) is 51.7 Å². The molecule has 48 heavy (non-hydrogen) atoms. The zero-order valence-corrected chi connectivity index (χ0v) is 29.3. The number of aromatic nitrogens is 2. The standard InChI is InChI=1S/C24H15FNS.C19H22N.Ir/c25-19-7-8-20-21-14-18(6-9-23(21)27-24(20)15-19)22-13-17(10-11-26-22)12-16-4-2-1-3-5-16;1-15-14-20-19(17-10-6-3-7-11-17)13-18(15)12-16-8-4-2-5-9-16;/h1-5,7-11,13-15H,12H2;3,6-7,10,13-14,16H,2,4-5,8-9,12H2,1H3;/q2*-1;/i12D2;1D3,12D2;. The molecule has 0 N–H and O–H groups in total. The third-order valence-electron chi connectivity index (χ3n) is 8.32. The van der Waals surface area contributed by atoms with Gasteiger partial charge in [0.2, 0.25) is 0 Å². The van der Waals surface area contributed by atoms with Gasteiger partial charge in [-0.25, -0.2) is 4.39 Å². The topological polar surface area (TPSA) is 25.8 Å². The number of pyridine rings is 2. The first-order chi connectivity index (χ1) is 25.8. The largest absolute Gasteiger partial charge is 0.305 e. The van der Waals surface area contributed by atoms with E-state index in [4.69, 9.17) is 9.60 Å². The van der Waals surface area contributed by atoms with Crippen LogP contribution in [0.5, 0.6) is 0 Å². The Bertz CT molecular complexity index is 2400. The number of rotatable bonds is 6. The van der Waals surface area contributed by atoms with Crippen molar-refractivity contribution in [1.29, 1.82) is 0 Å². The molecule has 2 nitrogen and oxygen atoms in total. The molecular weight excluding hydrogens is 788 g/mol. The third kappa shape index (κ3) is 8.15. The van der Waals surface area contributed by atoms with E-state index in [1.165, 1.54) is 23.6 Å². The molecule has 0 bridgehead atoms. The maximum atomic E-state index is 13.6. The van der Waals surface area contributed by atoms with Crippen LogP contribution in [0.25, 0.3) is 42.7 Å². The minimum absolute atomic E-state index is 0. The molecule has 3 aromatic heterocycles. The Hall–Kier alpha value is -4.02. The van der Waals surface area contributed by atoms with E-state index in [2.05, 4.69) is 22.1 Å². The van der Waals surface area contributed by atoms with E-state index in [-0.39, 0.29) is 43.0 Å². The monoisotopic (exact) mass is 832 g/mol. The van der Waals surface area contributed by atoms with Crippen molar-refractivity contribution in [2.24, 2.45) is 5.92 Å². The molecule has 1 saturated carbocycles. The number of aryl methyl sites for hydroxylation is 1. The number of hydrogen-bond donors (Lipinski definition) is 0. The van der Waals surface area contributed by atoms with Crippen LogP contribution in [0.1, 0.15) is 64.0 Å². The Balaban J connectivity index is 0.000000186. The molecule has 0 saturated heterocycles. The predicted molar refractivity (Wildman–Crippen MR) is 194 cm³/mol. The van der Waals surface area contributed by atoms with Gasteiger partial charge in [-0.05, 0) is 81.9 Å². The first-order valence-electron chi connectivity index (χ1n) is 19.4. The van der Waals surface area contributed by atoms with Crippen LogP contribution in [0.4, 0.5) is 4.39 Å². The number of fused-ring (bicyclic) bond motifs is 3. The maximum Gasteiger partial charge on any atom is 0.124 e. The summed E-state index contributed by atoms with van der Waals surface area (Å²) in [6.45, 7) is -2.39. The van der Waals surface area contributed by atoms with Crippen molar-refractivity contribution in [1.82, 2.24) is 9.97 Å². The number of halogens is 1. The average Bonchev–Trinajstić information content (AvgIpc) is 3.55. The van der Waals surface area contributed by atoms with Crippen LogP contribution >= 0.6 is 11.3 Å². The Kier molecular flexibility index (Phi) is 8.60. The smallest absolute Gasteiger partial charge is 0.124 e. The second-order valence-corrected chi connectivity index (χ2v) is 12.7. The molecule has 1 fully saturated rings. The molecule has 1 aliphatic carbocycles. The van der Waals surface area contributed by atoms with Crippen LogP contribution in [0.2, 0.25) is 0 Å². The van der Waals surface area contributed by atoms with Crippen molar-refractivity contribution in [2.75, 3.05) is 0 Å². The summed E-state index contributed by atoms with van der Waals surface area (Å²) in [6.07, 6.45) is 4.34. The van der Waals surface area contributed by atoms with Crippen LogP contribution in [0.3, 0.4) is 0 Å². The second-order valence-electron chi connectivity index (χ2n) is 11.7. The van der Waals surface area contributed by atoms with Gasteiger partial charge in [0.25, 0.3) is 0 Å². The van der Waals surface area contributed by atoms with E-state index in [0.29, 0.717) is 22.5 Å². The summed E-state index contributed by atoms with van der Waals surface area (Å²) < 4.78 is 73.5. The van der Waals surface area contributed by atoms with Gasteiger partial charge in [-0.1, -0.05) is 91.6 Å². The molecule has 0 unspecified atom stereocenters. The van der Waals surface area contributed by atoms with E-state index >= 15 is 0 Å². The Morgan fingerprint density at radius 2 is 1.65 bits per heavy atom. The van der Waals surface area contributed by atoms with Crippen molar-refractivity contribution in [3.05, 3.63) is 156 Å². The molecule has 1 aliphatic rings. The number of benzene rings is 4. The minimum Gasteiger partial charge on any atom is -0.305 e. The number of thiophene rings is 1. The SMILES string of the molecule is [2H]C([2H])([2H])c1cnc(-c2[c-]cccc2)cc1C([2H])([2H])C1CCCCC1.[2H]C([2H])(c1ccccc1)c1ccnc(-c2[c-]cc3sc4cc(F)ccc4c3c2)c1.[Ir]. The van der Waals surface area contributed by atoms with E-state index in [1.54, 1.807) is 54.7 Å². The molecule has 4 aromatic carbocycles. The molecular formula is C43H37FIrN2S-2. The molecule has 0 atom stereocenters. The summed E-state index contributed by atoms with van der Waals surface area (Å²) in [6, 6.07) is 36.6. The van der Waals surface area contributed by atoms with Crippen molar-refractivity contribution in [3.63, 3.8) is 0 Å². The molecule has 3 heterocycles. The fraction of sp³-hybridized carbons (Fsp3) is 0.209. The van der Waals surface area contributed by atoms with Crippen molar-refractivity contribution in [3.8, 4) is 22.5 Å². The zero-order valence-electron chi connectivity index (χ0n) is 33.1. The zero-order chi connectivity index (χ0) is 38.1. The van der Waals surface area contributed by atoms with E-state index in [1.807, 2.05) is 48.5 Å². The van der Waals surface area contributed by atoms with Crippen molar-refractivity contribution >= 4 is 31.5 Å². The molecule has 8 rings (SSSR count). The maximum absolute atomic E-state index is 13.6. The van der Waals surface area contributed by atoms with Gasteiger partial charge in [0.15, 0.2) is 0 Å². The van der Waals surface area contributed by atoms with E-state index in [0.717, 1.165) is 63.4 Å². The molecule has 243 valence electrons. The summed E-state index contributed by atoms with van der Waals surface area (Å²) >= 11 is 1.53. The summed E-state index contributed by atoms with van der Waals surface area (Å²) in [5.41, 5.74) is 4.15. The number of hydrogen-bond acceptors (Lipinski definition) is 3. The summed E-state index contributed by atoms with van der Waals surface area (Å²) in [5, 5.41) is 2.02. The van der Waals surface area contributed by atoms with E-state index < -0.39 is 19.6 Å². The van der Waals surface area contributed by atoms with Gasteiger partial charge in [0.05, 0.1) is 0 Å². The average molecular weight is 832 g/mol. The molecule has 7 aromatic rings. The van der Waals surface area contributed by atoms with Crippen LogP contribution in [-0.2, 0) is 32.9 Å². The van der Waals surface area contributed by atoms with Gasteiger partial charge in [0, 0.05) is 46.8 Å². The second kappa shape index (κ2) is 15.9. The molecule has 0 spiro atoms. The normalized spacial score (nSPS) is 16.1. The summed E-state index contributed by atoms with van der Waals surface area (Å²) in [4.78, 5) is 8.72. The van der Waals surface area contributed by atoms with Crippen LogP contribution in [0.15, 0.2) is 116 Å². The van der Waals surface area contributed by atoms with Crippen LogP contribution < -0.4 is 0 Å². The van der Waals surface area contributed by atoms with Crippen LogP contribution in [-0.4, -0.2) is 9.97 Å². The first kappa shape index (κ1) is 25.9. The Morgan fingerprint density at radius 3 is 2.46 bits per heavy atom. The van der Waals surface area contributed by atoms with Gasteiger partial charge in [-0.15, -0.1) is 59.7 Å². The van der Waals surface area contributed by atoms with E-state index in [9.17, 15) is 4.39 Å². The minimum atomic E-state index is -2.39. The molecule has 0 amide bonds. The van der Waals surface area contributed by atoms with Crippen LogP contribution in [0, 0.1) is 30.7 Å². The Morgan fingerprint density at radius 1 is 0.812 bits per heavy atom. The fourth-order valence-electron chi connectivity index (χ4n) is 5.93. The molecule has 1 radical (unpaired) electrons. The molecule has 0 aliphatic heterocycles. The summed E-state index contributed by atoms with van der Waals surface area (Å²) in [7, 11) is 0. The van der Waals surface area contributed by atoms with Gasteiger partial charge in [-0.2, -0.15) is 11.3 Å². The Labute approximate surface area is 310 Å². The number of nitrogens with zero attached hydrogens (tertiary/aromatic N) is 2. The molecule has 5 heteroatoms. The van der Waals surface area contributed by atoms with Gasteiger partial charge >= 0.3 is 0 Å². The summed E-state index contributed by atoms with van der Waals surface area (Å²) in [5.74, 6) is -0.400. The third-order valence-corrected chi connectivity index (χ3v) is 9.43. The van der Waals surface area contributed by atoms with Gasteiger partial charge in [0.1, 0.15) is 5.82 Å². The fourth-order valence-corrected chi connectivity index (χ4v) is 7.02. The van der Waals surface area contributed by atoms with Gasteiger partial charge in [-0.3, -0.25) is 0 Å². The quantitative estimate of drug-likeness (QED) is 0.156.